The van der Waals surface area contributed by atoms with Crippen molar-refractivity contribution in [2.24, 2.45) is 0 Å². The smallest absolute Gasteiger partial charge is 0.243 e. The van der Waals surface area contributed by atoms with Gasteiger partial charge in [0.25, 0.3) is 0 Å². The van der Waals surface area contributed by atoms with Gasteiger partial charge in [-0.2, -0.15) is 4.31 Å². The molecule has 1 aromatic rings. The first-order valence-corrected chi connectivity index (χ1v) is 6.17. The van der Waals surface area contributed by atoms with Crippen molar-refractivity contribution in [2.45, 2.75) is 4.90 Å². The van der Waals surface area contributed by atoms with Crippen LogP contribution in [0.4, 0.5) is 0 Å². The predicted octanol–water partition coefficient (Wildman–Crippen LogP) is 0.308. The maximum Gasteiger partial charge on any atom is 0.243 e. The van der Waals surface area contributed by atoms with Crippen LogP contribution in [0.15, 0.2) is 29.2 Å². The molecule has 0 unspecified atom stereocenters. The minimum Gasteiger partial charge on any atom is -0.497 e. The topological polar surface area (TPSA) is 66.8 Å². The van der Waals surface area contributed by atoms with Gasteiger partial charge in [-0.25, -0.2) is 8.42 Å². The number of hydrogen-bond donors (Lipinski definition) is 1. The maximum atomic E-state index is 11.9. The lowest BCUT2D eigenvalue weighted by Crippen LogP contribution is -2.29. The summed E-state index contributed by atoms with van der Waals surface area (Å²) in [6.45, 7) is -0.140. The summed E-state index contributed by atoms with van der Waals surface area (Å²) in [7, 11) is -0.643. The van der Waals surface area contributed by atoms with Gasteiger partial charge in [-0.15, -0.1) is 0 Å². The van der Waals surface area contributed by atoms with E-state index in [2.05, 4.69) is 0 Å². The maximum absolute atomic E-state index is 11.9. The molecule has 1 aromatic carbocycles. The molecular formula is C10H15NO4S. The fourth-order valence-electron chi connectivity index (χ4n) is 1.20. The molecule has 0 aliphatic rings. The first-order chi connectivity index (χ1) is 7.52. The average Bonchev–Trinajstić information content (AvgIpc) is 2.29. The second-order valence-electron chi connectivity index (χ2n) is 3.23. The van der Waals surface area contributed by atoms with Crippen molar-refractivity contribution >= 4 is 10.0 Å². The first-order valence-electron chi connectivity index (χ1n) is 4.73. The molecule has 0 atom stereocenters. The predicted molar refractivity (Wildman–Crippen MR) is 59.9 cm³/mol. The zero-order valence-electron chi connectivity index (χ0n) is 9.25. The summed E-state index contributed by atoms with van der Waals surface area (Å²) in [6.07, 6.45) is 0. The number of nitrogens with zero attached hydrogens (tertiary/aromatic N) is 1. The van der Waals surface area contributed by atoms with E-state index in [-0.39, 0.29) is 18.0 Å². The Balaban J connectivity index is 3.06. The third-order valence-corrected chi connectivity index (χ3v) is 4.02. The van der Waals surface area contributed by atoms with Gasteiger partial charge in [-0.1, -0.05) is 6.07 Å². The van der Waals surface area contributed by atoms with Crippen LogP contribution in [0.1, 0.15) is 0 Å². The Bertz CT molecular complexity index is 444. The largest absolute Gasteiger partial charge is 0.497 e. The molecular weight excluding hydrogens is 230 g/mol. The van der Waals surface area contributed by atoms with Gasteiger partial charge in [0.1, 0.15) is 5.75 Å². The van der Waals surface area contributed by atoms with Gasteiger partial charge in [0.15, 0.2) is 0 Å². The summed E-state index contributed by atoms with van der Waals surface area (Å²) in [4.78, 5) is 0.155. The Morgan fingerprint density at radius 1 is 1.44 bits per heavy atom. The van der Waals surface area contributed by atoms with Crippen molar-refractivity contribution in [3.05, 3.63) is 24.3 Å². The minimum atomic E-state index is -3.54. The number of sulfonamides is 1. The number of benzene rings is 1. The van der Waals surface area contributed by atoms with Crippen LogP contribution >= 0.6 is 0 Å². The van der Waals surface area contributed by atoms with Crippen LogP contribution in [0, 0.1) is 0 Å². The van der Waals surface area contributed by atoms with Gasteiger partial charge in [0.05, 0.1) is 18.6 Å². The third-order valence-electron chi connectivity index (χ3n) is 2.16. The number of hydrogen-bond acceptors (Lipinski definition) is 4. The second-order valence-corrected chi connectivity index (χ2v) is 5.27. The zero-order valence-corrected chi connectivity index (χ0v) is 10.1. The van der Waals surface area contributed by atoms with E-state index in [1.54, 1.807) is 12.1 Å². The molecule has 0 radical (unpaired) electrons. The van der Waals surface area contributed by atoms with Crippen LogP contribution < -0.4 is 4.74 Å². The number of likely N-dealkylation sites (N-methyl/N-ethyl adjacent to an activating group) is 1. The number of ether oxygens (including phenoxy) is 1. The van der Waals surface area contributed by atoms with Crippen molar-refractivity contribution in [1.29, 1.82) is 0 Å². The molecule has 0 aliphatic heterocycles. The first kappa shape index (κ1) is 13.0. The lowest BCUT2D eigenvalue weighted by Gasteiger charge is -2.16. The Hall–Kier alpha value is -1.11. The highest BCUT2D eigenvalue weighted by atomic mass is 32.2. The monoisotopic (exact) mass is 245 g/mol. The molecule has 0 spiro atoms. The third kappa shape index (κ3) is 2.72. The Kier molecular flexibility index (Phi) is 4.28. The molecule has 1 N–H and O–H groups in total. The van der Waals surface area contributed by atoms with Gasteiger partial charge in [-0.3, -0.25) is 0 Å². The molecule has 16 heavy (non-hydrogen) atoms. The summed E-state index contributed by atoms with van der Waals surface area (Å²) in [5.74, 6) is 0.485. The minimum absolute atomic E-state index is 0.0690. The summed E-state index contributed by atoms with van der Waals surface area (Å²) in [5.41, 5.74) is 0. The van der Waals surface area contributed by atoms with Gasteiger partial charge >= 0.3 is 0 Å². The molecule has 0 saturated carbocycles. The van der Waals surface area contributed by atoms with E-state index in [4.69, 9.17) is 9.84 Å². The van der Waals surface area contributed by atoms with E-state index in [0.29, 0.717) is 5.75 Å². The fourth-order valence-corrected chi connectivity index (χ4v) is 2.40. The van der Waals surface area contributed by atoms with E-state index < -0.39 is 10.0 Å². The molecule has 0 aliphatic carbocycles. The average molecular weight is 245 g/mol. The normalized spacial score (nSPS) is 11.8. The quantitative estimate of drug-likeness (QED) is 0.810. The summed E-state index contributed by atoms with van der Waals surface area (Å²) < 4.78 is 30.0. The Labute approximate surface area is 95.3 Å². The van der Waals surface area contributed by atoms with Crippen LogP contribution in [-0.2, 0) is 10.0 Å². The summed E-state index contributed by atoms with van der Waals surface area (Å²) >= 11 is 0. The second kappa shape index (κ2) is 5.29. The van der Waals surface area contributed by atoms with Crippen molar-refractivity contribution < 1.29 is 18.3 Å². The van der Waals surface area contributed by atoms with E-state index in [9.17, 15) is 8.42 Å². The highest BCUT2D eigenvalue weighted by molar-refractivity contribution is 7.89. The summed E-state index contributed by atoms with van der Waals surface area (Å²) in [6, 6.07) is 6.22. The van der Waals surface area contributed by atoms with E-state index in [1.807, 2.05) is 0 Å². The van der Waals surface area contributed by atoms with Gasteiger partial charge in [0.2, 0.25) is 10.0 Å². The van der Waals surface area contributed by atoms with Crippen molar-refractivity contribution in [3.8, 4) is 5.75 Å². The standard InChI is InChI=1S/C10H15NO4S/c1-11(6-7-12)16(13,14)10-5-3-4-9(8-10)15-2/h3-5,8,12H,6-7H2,1-2H3. The molecule has 1 rings (SSSR count). The van der Waals surface area contributed by atoms with Crippen LogP contribution in [-0.4, -0.2) is 45.1 Å². The molecule has 0 bridgehead atoms. The van der Waals surface area contributed by atoms with Crippen molar-refractivity contribution in [2.75, 3.05) is 27.3 Å². The molecule has 6 heteroatoms. The van der Waals surface area contributed by atoms with Gasteiger partial charge in [-0.05, 0) is 12.1 Å². The van der Waals surface area contributed by atoms with Gasteiger partial charge in [0, 0.05) is 19.7 Å². The molecule has 0 saturated heterocycles. The Morgan fingerprint density at radius 3 is 2.69 bits per heavy atom. The molecule has 90 valence electrons. The molecule has 0 fully saturated rings. The van der Waals surface area contributed by atoms with E-state index in [1.165, 1.54) is 26.3 Å². The molecule has 0 amide bonds. The Morgan fingerprint density at radius 2 is 2.12 bits per heavy atom. The molecule has 0 heterocycles. The number of aliphatic hydroxyl groups is 1. The van der Waals surface area contributed by atoms with E-state index >= 15 is 0 Å². The number of methoxy groups -OCH3 is 1. The van der Waals surface area contributed by atoms with E-state index in [0.717, 1.165) is 4.31 Å². The lowest BCUT2D eigenvalue weighted by atomic mass is 10.3. The van der Waals surface area contributed by atoms with Crippen LogP contribution in [0.25, 0.3) is 0 Å². The van der Waals surface area contributed by atoms with Crippen molar-refractivity contribution in [1.82, 2.24) is 4.31 Å². The highest BCUT2D eigenvalue weighted by Gasteiger charge is 2.20. The van der Waals surface area contributed by atoms with Crippen molar-refractivity contribution in [3.63, 3.8) is 0 Å². The van der Waals surface area contributed by atoms with Crippen LogP contribution in [0.2, 0.25) is 0 Å². The highest BCUT2D eigenvalue weighted by Crippen LogP contribution is 2.19. The summed E-state index contributed by atoms with van der Waals surface area (Å²) in [5, 5.41) is 8.72. The number of aliphatic hydroxyl groups excluding tert-OH is 1. The van der Waals surface area contributed by atoms with Crippen LogP contribution in [0.3, 0.4) is 0 Å². The zero-order chi connectivity index (χ0) is 12.2. The SMILES string of the molecule is COc1cccc(S(=O)(=O)N(C)CCO)c1. The fraction of sp³-hybridized carbons (Fsp3) is 0.400. The molecule has 0 aromatic heterocycles. The lowest BCUT2D eigenvalue weighted by molar-refractivity contribution is 0.266. The number of rotatable bonds is 5. The molecule has 5 nitrogen and oxygen atoms in total. The van der Waals surface area contributed by atoms with Crippen LogP contribution in [0.5, 0.6) is 5.75 Å². The van der Waals surface area contributed by atoms with Gasteiger partial charge < -0.3 is 9.84 Å².